The van der Waals surface area contributed by atoms with Gasteiger partial charge in [0.05, 0.1) is 24.4 Å². The van der Waals surface area contributed by atoms with Crippen molar-refractivity contribution in [3.05, 3.63) is 64.0 Å². The van der Waals surface area contributed by atoms with Crippen molar-refractivity contribution in [3.8, 4) is 17.1 Å². The SMILES string of the molecule is COc1ccc(-c2nn(CCNC(=O)Nc3ccccc3Cl)c(=O)n2C)cc1. The summed E-state index contributed by atoms with van der Waals surface area (Å²) in [7, 11) is 3.25. The number of aromatic nitrogens is 3. The summed E-state index contributed by atoms with van der Waals surface area (Å²) in [5.74, 6) is 1.26. The minimum atomic E-state index is -0.410. The Hall–Kier alpha value is -3.26. The average Bonchev–Trinajstić information content (AvgIpc) is 2.98. The molecule has 0 atom stereocenters. The first-order chi connectivity index (χ1) is 13.5. The summed E-state index contributed by atoms with van der Waals surface area (Å²) in [5.41, 5.74) is 1.04. The molecule has 8 nitrogen and oxygen atoms in total. The third-order valence-corrected chi connectivity index (χ3v) is 4.45. The van der Waals surface area contributed by atoms with Crippen LogP contribution in [-0.2, 0) is 13.6 Å². The van der Waals surface area contributed by atoms with Crippen LogP contribution in [0.25, 0.3) is 11.4 Å². The van der Waals surface area contributed by atoms with E-state index in [-0.39, 0.29) is 18.8 Å². The van der Waals surface area contributed by atoms with Gasteiger partial charge in [-0.25, -0.2) is 14.3 Å². The van der Waals surface area contributed by atoms with E-state index in [9.17, 15) is 9.59 Å². The highest BCUT2D eigenvalue weighted by Gasteiger charge is 2.12. The number of nitrogens with one attached hydrogen (secondary N) is 2. The number of nitrogens with zero attached hydrogens (tertiary/aromatic N) is 3. The Balaban J connectivity index is 1.62. The lowest BCUT2D eigenvalue weighted by Gasteiger charge is -2.08. The number of hydrogen-bond acceptors (Lipinski definition) is 4. The summed E-state index contributed by atoms with van der Waals surface area (Å²) in [6.07, 6.45) is 0. The largest absolute Gasteiger partial charge is 0.497 e. The molecule has 2 aromatic carbocycles. The first-order valence-corrected chi connectivity index (χ1v) is 8.95. The van der Waals surface area contributed by atoms with Gasteiger partial charge in [0, 0.05) is 19.2 Å². The number of anilines is 1. The third-order valence-electron chi connectivity index (χ3n) is 4.12. The van der Waals surface area contributed by atoms with Gasteiger partial charge < -0.3 is 15.4 Å². The van der Waals surface area contributed by atoms with E-state index < -0.39 is 6.03 Å². The van der Waals surface area contributed by atoms with Gasteiger partial charge in [0.15, 0.2) is 5.82 Å². The van der Waals surface area contributed by atoms with Crippen LogP contribution in [0.1, 0.15) is 0 Å². The van der Waals surface area contributed by atoms with Gasteiger partial charge in [0.25, 0.3) is 0 Å². The molecule has 3 rings (SSSR count). The zero-order chi connectivity index (χ0) is 20.1. The molecule has 0 fully saturated rings. The van der Waals surface area contributed by atoms with Crippen molar-refractivity contribution in [3.63, 3.8) is 0 Å². The molecule has 9 heteroatoms. The number of urea groups is 1. The molecule has 28 heavy (non-hydrogen) atoms. The standard InChI is InChI=1S/C19H20ClN5O3/c1-24-17(13-7-9-14(28-2)10-8-13)23-25(19(24)27)12-11-21-18(26)22-16-6-4-3-5-15(16)20/h3-10H,11-12H2,1-2H3,(H2,21,22,26). The second-order valence-electron chi connectivity index (χ2n) is 5.98. The van der Waals surface area contributed by atoms with E-state index in [1.807, 2.05) is 12.1 Å². The second kappa shape index (κ2) is 8.62. The maximum atomic E-state index is 12.4. The third kappa shape index (κ3) is 4.34. The molecule has 0 spiro atoms. The highest BCUT2D eigenvalue weighted by Crippen LogP contribution is 2.20. The number of carbonyl (C=O) groups is 1. The summed E-state index contributed by atoms with van der Waals surface area (Å²) >= 11 is 6.01. The zero-order valence-corrected chi connectivity index (χ0v) is 16.2. The number of carbonyl (C=O) groups excluding carboxylic acids is 1. The van der Waals surface area contributed by atoms with Crippen molar-refractivity contribution in [1.82, 2.24) is 19.7 Å². The first-order valence-electron chi connectivity index (χ1n) is 8.57. The number of methoxy groups -OCH3 is 1. The average molecular weight is 402 g/mol. The Morgan fingerprint density at radius 2 is 1.89 bits per heavy atom. The van der Waals surface area contributed by atoms with Crippen molar-refractivity contribution in [2.24, 2.45) is 7.05 Å². The highest BCUT2D eigenvalue weighted by atomic mass is 35.5. The Morgan fingerprint density at radius 1 is 1.18 bits per heavy atom. The topological polar surface area (TPSA) is 90.2 Å². The van der Waals surface area contributed by atoms with Crippen LogP contribution in [0.15, 0.2) is 53.3 Å². The molecule has 0 radical (unpaired) electrons. The number of benzene rings is 2. The maximum Gasteiger partial charge on any atom is 0.345 e. The Kier molecular flexibility index (Phi) is 6.00. The van der Waals surface area contributed by atoms with E-state index in [4.69, 9.17) is 16.3 Å². The summed E-state index contributed by atoms with van der Waals surface area (Å²) in [6, 6.07) is 13.8. The van der Waals surface area contributed by atoms with Crippen molar-refractivity contribution < 1.29 is 9.53 Å². The van der Waals surface area contributed by atoms with E-state index in [1.165, 1.54) is 9.25 Å². The maximum absolute atomic E-state index is 12.4. The van der Waals surface area contributed by atoms with E-state index in [0.29, 0.717) is 16.5 Å². The van der Waals surface area contributed by atoms with Crippen LogP contribution in [0.3, 0.4) is 0 Å². The van der Waals surface area contributed by atoms with Crippen molar-refractivity contribution >= 4 is 23.3 Å². The predicted molar refractivity (Wildman–Crippen MR) is 108 cm³/mol. The number of ether oxygens (including phenoxy) is 1. The van der Waals surface area contributed by atoms with E-state index >= 15 is 0 Å². The molecule has 1 aromatic heterocycles. The lowest BCUT2D eigenvalue weighted by atomic mass is 10.2. The first kappa shape index (κ1) is 19.5. The van der Waals surface area contributed by atoms with Crippen LogP contribution in [0.2, 0.25) is 5.02 Å². The highest BCUT2D eigenvalue weighted by molar-refractivity contribution is 6.33. The van der Waals surface area contributed by atoms with E-state index in [2.05, 4.69) is 15.7 Å². The molecular formula is C19H20ClN5O3. The van der Waals surface area contributed by atoms with Gasteiger partial charge in [0.1, 0.15) is 5.75 Å². The fourth-order valence-corrected chi connectivity index (χ4v) is 2.81. The molecule has 0 unspecified atom stereocenters. The zero-order valence-electron chi connectivity index (χ0n) is 15.5. The number of para-hydroxylation sites is 1. The van der Waals surface area contributed by atoms with Crippen LogP contribution < -0.4 is 21.1 Å². The van der Waals surface area contributed by atoms with Crippen molar-refractivity contribution in [2.45, 2.75) is 6.54 Å². The van der Waals surface area contributed by atoms with Gasteiger partial charge in [-0.15, -0.1) is 5.10 Å². The monoisotopic (exact) mass is 401 g/mol. The predicted octanol–water partition coefficient (Wildman–Crippen LogP) is 2.73. The Morgan fingerprint density at radius 3 is 2.57 bits per heavy atom. The second-order valence-corrected chi connectivity index (χ2v) is 6.38. The van der Waals surface area contributed by atoms with Crippen LogP contribution in [0, 0.1) is 0 Å². The van der Waals surface area contributed by atoms with Gasteiger partial charge in [-0.1, -0.05) is 23.7 Å². The number of halogens is 1. The summed E-state index contributed by atoms with van der Waals surface area (Å²) < 4.78 is 7.92. The fraction of sp³-hybridized carbons (Fsp3) is 0.211. The van der Waals surface area contributed by atoms with Crippen LogP contribution >= 0.6 is 11.6 Å². The van der Waals surface area contributed by atoms with Crippen molar-refractivity contribution in [1.29, 1.82) is 0 Å². The molecule has 2 N–H and O–H groups in total. The van der Waals surface area contributed by atoms with Crippen LogP contribution in [0.4, 0.5) is 10.5 Å². The quantitative estimate of drug-likeness (QED) is 0.664. The molecule has 0 saturated carbocycles. The van der Waals surface area contributed by atoms with Gasteiger partial charge in [-0.05, 0) is 36.4 Å². The Bertz CT molecular complexity index is 1030. The van der Waals surface area contributed by atoms with Gasteiger partial charge in [0.2, 0.25) is 0 Å². The molecule has 0 aliphatic rings. The molecule has 0 aliphatic carbocycles. The molecule has 2 amide bonds. The van der Waals surface area contributed by atoms with Gasteiger partial charge >= 0.3 is 11.7 Å². The summed E-state index contributed by atoms with van der Waals surface area (Å²) in [5, 5.41) is 10.2. The smallest absolute Gasteiger partial charge is 0.345 e. The summed E-state index contributed by atoms with van der Waals surface area (Å²) in [4.78, 5) is 24.4. The lowest BCUT2D eigenvalue weighted by molar-refractivity contribution is 0.251. The molecular weight excluding hydrogens is 382 g/mol. The van der Waals surface area contributed by atoms with E-state index in [0.717, 1.165) is 11.3 Å². The van der Waals surface area contributed by atoms with Crippen LogP contribution in [0.5, 0.6) is 5.75 Å². The molecule has 146 valence electrons. The minimum absolute atomic E-state index is 0.231. The van der Waals surface area contributed by atoms with Gasteiger partial charge in [-0.3, -0.25) is 4.57 Å². The molecule has 0 aliphatic heterocycles. The number of amides is 2. The van der Waals surface area contributed by atoms with Crippen LogP contribution in [-0.4, -0.2) is 34.0 Å². The van der Waals surface area contributed by atoms with E-state index in [1.54, 1.807) is 50.6 Å². The molecule has 1 heterocycles. The molecule has 0 saturated heterocycles. The molecule has 0 bridgehead atoms. The fourth-order valence-electron chi connectivity index (χ4n) is 2.63. The normalized spacial score (nSPS) is 10.5. The Labute approximate surface area is 166 Å². The number of rotatable bonds is 6. The minimum Gasteiger partial charge on any atom is -0.497 e. The molecule has 3 aromatic rings. The van der Waals surface area contributed by atoms with Crippen molar-refractivity contribution in [2.75, 3.05) is 19.0 Å². The van der Waals surface area contributed by atoms with Gasteiger partial charge in [-0.2, -0.15) is 0 Å². The lowest BCUT2D eigenvalue weighted by Crippen LogP contribution is -2.34. The summed E-state index contributed by atoms with van der Waals surface area (Å²) in [6.45, 7) is 0.466. The number of hydrogen-bond donors (Lipinski definition) is 2.